The van der Waals surface area contributed by atoms with Gasteiger partial charge < -0.3 is 4.42 Å². The number of aromatic nitrogens is 2. The van der Waals surface area contributed by atoms with Gasteiger partial charge in [-0.05, 0) is 74.1 Å². The Balaban J connectivity index is 1.34. The zero-order chi connectivity index (χ0) is 31.3. The molecule has 0 spiro atoms. The van der Waals surface area contributed by atoms with E-state index in [1.807, 2.05) is 0 Å². The molecule has 0 atom stereocenters. The van der Waals surface area contributed by atoms with E-state index in [-0.39, 0.29) is 11.3 Å². The van der Waals surface area contributed by atoms with E-state index in [0.717, 1.165) is 55.3 Å². The summed E-state index contributed by atoms with van der Waals surface area (Å²) in [6, 6.07) is 49.9. The molecule has 3 nitrogen and oxygen atoms in total. The van der Waals surface area contributed by atoms with E-state index in [9.17, 15) is 0 Å². The topological polar surface area (TPSA) is 38.9 Å². The monoisotopic (exact) mass is 602 g/mol. The van der Waals surface area contributed by atoms with Crippen LogP contribution in [0.15, 0.2) is 144 Å². The van der Waals surface area contributed by atoms with E-state index in [0.29, 0.717) is 0 Å². The summed E-state index contributed by atoms with van der Waals surface area (Å²) in [5, 5.41) is 7.87. The van der Waals surface area contributed by atoms with Crippen LogP contribution in [0.2, 0.25) is 0 Å². The Bertz CT molecular complexity index is 2680. The summed E-state index contributed by atoms with van der Waals surface area (Å²) in [7, 11) is 0. The first-order chi connectivity index (χ1) is 23.0. The van der Waals surface area contributed by atoms with Crippen molar-refractivity contribution in [1.29, 1.82) is 0 Å². The largest absolute Gasteiger partial charge is 0.456 e. The highest BCUT2D eigenvalue weighted by Crippen LogP contribution is 2.49. The van der Waals surface area contributed by atoms with Gasteiger partial charge in [0.2, 0.25) is 0 Å². The Hall–Kier alpha value is -5.80. The minimum Gasteiger partial charge on any atom is -0.456 e. The van der Waals surface area contributed by atoms with E-state index < -0.39 is 0 Å². The van der Waals surface area contributed by atoms with Gasteiger partial charge in [-0.25, -0.2) is 9.97 Å². The van der Waals surface area contributed by atoms with Gasteiger partial charge in [-0.3, -0.25) is 0 Å². The van der Waals surface area contributed by atoms with Gasteiger partial charge in [-0.1, -0.05) is 123 Å². The maximum atomic E-state index is 6.54. The molecule has 7 aromatic carbocycles. The number of hydrogen-bond acceptors (Lipinski definition) is 3. The molecule has 1 aliphatic carbocycles. The highest BCUT2D eigenvalue weighted by atomic mass is 16.3. The molecule has 2 aromatic heterocycles. The predicted molar refractivity (Wildman–Crippen MR) is 193 cm³/mol. The molecule has 0 saturated carbocycles. The molecule has 9 aromatic rings. The van der Waals surface area contributed by atoms with Crippen molar-refractivity contribution in [3.8, 4) is 11.3 Å². The molecule has 1 aliphatic rings. The lowest BCUT2D eigenvalue weighted by Crippen LogP contribution is -2.30. The van der Waals surface area contributed by atoms with Gasteiger partial charge in [0.15, 0.2) is 0 Å². The number of rotatable bonds is 2. The van der Waals surface area contributed by atoms with Crippen LogP contribution in [0.5, 0.6) is 0 Å². The fourth-order valence-electron chi connectivity index (χ4n) is 8.07. The second-order valence-electron chi connectivity index (χ2n) is 13.4. The Labute approximate surface area is 272 Å². The molecule has 47 heavy (non-hydrogen) atoms. The van der Waals surface area contributed by atoms with Gasteiger partial charge in [-0.2, -0.15) is 0 Å². The third-order valence-electron chi connectivity index (χ3n) is 10.4. The number of hydrogen-bond donors (Lipinski definition) is 0. The minimum absolute atomic E-state index is 0.117. The number of benzene rings is 7. The van der Waals surface area contributed by atoms with Gasteiger partial charge in [0.05, 0.1) is 22.5 Å². The average molecular weight is 603 g/mol. The van der Waals surface area contributed by atoms with E-state index >= 15 is 0 Å². The lowest BCUT2D eigenvalue weighted by molar-refractivity contribution is 0.592. The Morgan fingerprint density at radius 1 is 0.532 bits per heavy atom. The molecule has 0 amide bonds. The average Bonchev–Trinajstić information content (AvgIpc) is 3.48. The fourth-order valence-corrected chi connectivity index (χ4v) is 8.07. The van der Waals surface area contributed by atoms with Crippen LogP contribution in [0.25, 0.3) is 65.6 Å². The zero-order valence-electron chi connectivity index (χ0n) is 26.2. The second-order valence-corrected chi connectivity index (χ2v) is 13.4. The van der Waals surface area contributed by atoms with Crippen molar-refractivity contribution >= 4 is 54.4 Å². The molecule has 222 valence electrons. The summed E-state index contributed by atoms with van der Waals surface area (Å²) >= 11 is 0. The van der Waals surface area contributed by atoms with E-state index in [2.05, 4.69) is 153 Å². The number of fused-ring (bicyclic) bond motifs is 9. The summed E-state index contributed by atoms with van der Waals surface area (Å²) in [5.74, 6) is 0.687. The smallest absolute Gasteiger partial charge is 0.141 e. The van der Waals surface area contributed by atoms with Crippen LogP contribution in [0.4, 0.5) is 0 Å². The summed E-state index contributed by atoms with van der Waals surface area (Å²) in [4.78, 5) is 11.1. The molecular weight excluding hydrogens is 572 g/mol. The fraction of sp³-hybridized carbons (Fsp3) is 0.0909. The van der Waals surface area contributed by atoms with Crippen molar-refractivity contribution in [2.75, 3.05) is 0 Å². The number of nitrogens with zero attached hydrogens (tertiary/aromatic N) is 2. The van der Waals surface area contributed by atoms with Crippen LogP contribution >= 0.6 is 0 Å². The Kier molecular flexibility index (Phi) is 5.40. The van der Waals surface area contributed by atoms with E-state index in [4.69, 9.17) is 14.4 Å². The maximum Gasteiger partial charge on any atom is 0.141 e. The minimum atomic E-state index is -0.142. The molecule has 0 radical (unpaired) electrons. The molecule has 0 saturated heterocycles. The van der Waals surface area contributed by atoms with Crippen LogP contribution in [0.1, 0.15) is 47.8 Å². The molecule has 2 heterocycles. The number of furan rings is 1. The first-order valence-corrected chi connectivity index (χ1v) is 16.3. The van der Waals surface area contributed by atoms with Crippen LogP contribution in [0.3, 0.4) is 0 Å². The second kappa shape index (κ2) is 9.60. The third-order valence-corrected chi connectivity index (χ3v) is 10.4. The van der Waals surface area contributed by atoms with Crippen molar-refractivity contribution in [3.05, 3.63) is 168 Å². The molecule has 0 bridgehead atoms. The molecule has 10 rings (SSSR count). The lowest BCUT2D eigenvalue weighted by atomic mass is 9.65. The Morgan fingerprint density at radius 3 is 1.87 bits per heavy atom. The summed E-state index contributed by atoms with van der Waals surface area (Å²) in [5.41, 5.74) is 9.65. The van der Waals surface area contributed by atoms with Gasteiger partial charge in [0.25, 0.3) is 0 Å². The Morgan fingerprint density at radius 2 is 1.15 bits per heavy atom. The molecule has 0 fully saturated rings. The van der Waals surface area contributed by atoms with Crippen molar-refractivity contribution in [2.24, 2.45) is 0 Å². The first kappa shape index (κ1) is 26.4. The standard InChI is InChI=1S/C44H30N2O/c1-44(2)35-17-9-7-15-31(35)39(32-16-8-10-18-36(32)44)43-45-41(30-20-19-26-11-3-4-12-27(26)23-30)33-21-22-37-40(42(33)46-43)34-24-28-13-5-6-14-29(28)25-38(34)47-37/h3-25,39H,1-2H3. The van der Waals surface area contributed by atoms with Crippen molar-refractivity contribution in [3.63, 3.8) is 0 Å². The molecule has 0 N–H and O–H groups in total. The van der Waals surface area contributed by atoms with Crippen LogP contribution in [-0.4, -0.2) is 9.97 Å². The maximum absolute atomic E-state index is 6.54. The van der Waals surface area contributed by atoms with Crippen molar-refractivity contribution < 1.29 is 4.42 Å². The van der Waals surface area contributed by atoms with Crippen LogP contribution in [0, 0.1) is 0 Å². The van der Waals surface area contributed by atoms with Crippen LogP contribution in [-0.2, 0) is 5.41 Å². The molecule has 3 heteroatoms. The quantitative estimate of drug-likeness (QED) is 0.198. The van der Waals surface area contributed by atoms with Gasteiger partial charge in [0, 0.05) is 21.8 Å². The van der Waals surface area contributed by atoms with E-state index in [1.54, 1.807) is 0 Å². The predicted octanol–water partition coefficient (Wildman–Crippen LogP) is 11.3. The van der Waals surface area contributed by atoms with Gasteiger partial charge in [0.1, 0.15) is 17.0 Å². The molecule has 0 aliphatic heterocycles. The molecule has 0 unspecified atom stereocenters. The highest BCUT2D eigenvalue weighted by molar-refractivity contribution is 6.21. The van der Waals surface area contributed by atoms with Gasteiger partial charge in [-0.15, -0.1) is 0 Å². The first-order valence-electron chi connectivity index (χ1n) is 16.3. The van der Waals surface area contributed by atoms with Gasteiger partial charge >= 0.3 is 0 Å². The van der Waals surface area contributed by atoms with Crippen LogP contribution < -0.4 is 0 Å². The van der Waals surface area contributed by atoms with Crippen molar-refractivity contribution in [2.45, 2.75) is 25.2 Å². The highest BCUT2D eigenvalue weighted by Gasteiger charge is 2.39. The van der Waals surface area contributed by atoms with Crippen molar-refractivity contribution in [1.82, 2.24) is 9.97 Å². The molecular formula is C44H30N2O. The van der Waals surface area contributed by atoms with E-state index in [1.165, 1.54) is 38.4 Å². The summed E-state index contributed by atoms with van der Waals surface area (Å²) in [6.07, 6.45) is 0. The lowest BCUT2D eigenvalue weighted by Gasteiger charge is -2.39. The summed E-state index contributed by atoms with van der Waals surface area (Å²) < 4.78 is 6.54. The zero-order valence-corrected chi connectivity index (χ0v) is 26.2. The summed E-state index contributed by atoms with van der Waals surface area (Å²) in [6.45, 7) is 4.65. The third kappa shape index (κ3) is 3.80. The normalized spacial score (nSPS) is 14.3. The SMILES string of the molecule is CC1(C)c2ccccc2C(c2nc(-c3ccc4ccccc4c3)c3ccc4oc5cc6ccccc6cc5c4c3n2)c2ccccc21.